The maximum atomic E-state index is 13.3. The van der Waals surface area contributed by atoms with Crippen LogP contribution in [0, 0.1) is 11.6 Å². The first-order valence-corrected chi connectivity index (χ1v) is 8.88. The highest BCUT2D eigenvalue weighted by Gasteiger charge is 2.29. The van der Waals surface area contributed by atoms with Crippen molar-refractivity contribution in [1.29, 1.82) is 0 Å². The fourth-order valence-corrected chi connectivity index (χ4v) is 4.37. The lowest BCUT2D eigenvalue weighted by molar-refractivity contribution is 0.471. The van der Waals surface area contributed by atoms with Crippen LogP contribution in [0.5, 0.6) is 5.75 Å². The number of hydrogen-bond donors (Lipinski definition) is 3. The third-order valence-electron chi connectivity index (χ3n) is 4.24. The number of hydrogen-bond acceptors (Lipinski definition) is 4. The zero-order valence-corrected chi connectivity index (χ0v) is 14.8. The summed E-state index contributed by atoms with van der Waals surface area (Å²) in [4.78, 5) is 0. The van der Waals surface area contributed by atoms with E-state index >= 15 is 0 Å². The topological polar surface area (TPSA) is 52.5 Å². The van der Waals surface area contributed by atoms with Gasteiger partial charge in [-0.15, -0.1) is 11.3 Å². The van der Waals surface area contributed by atoms with Crippen molar-refractivity contribution in [3.63, 3.8) is 0 Å². The summed E-state index contributed by atoms with van der Waals surface area (Å²) in [5.74, 6) is -1.22. The maximum absolute atomic E-state index is 13.3. The highest BCUT2D eigenvalue weighted by molar-refractivity contribution is 7.21. The highest BCUT2D eigenvalue weighted by atomic mass is 35.5. The van der Waals surface area contributed by atoms with E-state index in [4.69, 9.17) is 11.6 Å². The van der Waals surface area contributed by atoms with Gasteiger partial charge in [0.05, 0.1) is 5.56 Å². The summed E-state index contributed by atoms with van der Waals surface area (Å²) >= 11 is 7.58. The van der Waals surface area contributed by atoms with Crippen molar-refractivity contribution in [2.45, 2.75) is 0 Å². The first-order valence-electron chi connectivity index (χ1n) is 7.69. The van der Waals surface area contributed by atoms with E-state index in [0.29, 0.717) is 43.7 Å². The van der Waals surface area contributed by atoms with E-state index in [1.54, 1.807) is 12.1 Å². The Labute approximate surface area is 156 Å². The molecule has 0 unspecified atom stereocenters. The normalized spacial score (nSPS) is 13.5. The van der Waals surface area contributed by atoms with Crippen molar-refractivity contribution >= 4 is 39.3 Å². The van der Waals surface area contributed by atoms with Crippen molar-refractivity contribution in [2.75, 3.05) is 11.9 Å². The molecular formula is C19H12ClF2NO2S. The van der Waals surface area contributed by atoms with Gasteiger partial charge in [0.1, 0.15) is 32.5 Å². The largest absolute Gasteiger partial charge is 0.507 e. The van der Waals surface area contributed by atoms with Crippen LogP contribution in [-0.4, -0.2) is 16.8 Å². The molecule has 1 aliphatic rings. The fraction of sp³-hybridized carbons (Fsp3) is 0.0526. The van der Waals surface area contributed by atoms with E-state index in [1.165, 1.54) is 35.6 Å². The van der Waals surface area contributed by atoms with Gasteiger partial charge in [-0.05, 0) is 29.8 Å². The number of aliphatic hydroxyl groups is 1. The summed E-state index contributed by atoms with van der Waals surface area (Å²) in [7, 11) is 0. The van der Waals surface area contributed by atoms with Crippen molar-refractivity contribution in [2.24, 2.45) is 0 Å². The Balaban J connectivity index is 1.92. The number of phenols is 1. The number of halogens is 3. The predicted octanol–water partition coefficient (Wildman–Crippen LogP) is 5.90. The van der Waals surface area contributed by atoms with Gasteiger partial charge in [-0.25, -0.2) is 8.78 Å². The molecule has 1 aliphatic heterocycles. The summed E-state index contributed by atoms with van der Waals surface area (Å²) in [5.41, 5.74) is 2.43. The molecule has 0 spiro atoms. The van der Waals surface area contributed by atoms with Gasteiger partial charge in [-0.3, -0.25) is 0 Å². The molecule has 0 amide bonds. The minimum Gasteiger partial charge on any atom is -0.507 e. The third kappa shape index (κ3) is 2.71. The molecule has 3 nitrogen and oxygen atoms in total. The highest BCUT2D eigenvalue weighted by Crippen LogP contribution is 2.51. The fourth-order valence-electron chi connectivity index (χ4n) is 3.00. The minimum absolute atomic E-state index is 0.00719. The first-order chi connectivity index (χ1) is 12.5. The van der Waals surface area contributed by atoms with Crippen LogP contribution in [0.1, 0.15) is 11.1 Å². The number of benzene rings is 2. The number of phenolic OH excluding ortho intramolecular Hbond substituents is 1. The Morgan fingerprint density at radius 1 is 0.962 bits per heavy atom. The zero-order chi connectivity index (χ0) is 18.4. The molecule has 132 valence electrons. The summed E-state index contributed by atoms with van der Waals surface area (Å²) in [6, 6.07) is 9.42. The van der Waals surface area contributed by atoms with Gasteiger partial charge in [-0.1, -0.05) is 23.7 Å². The van der Waals surface area contributed by atoms with Gasteiger partial charge in [0, 0.05) is 29.3 Å². The van der Waals surface area contributed by atoms with Crippen molar-refractivity contribution in [3.8, 4) is 16.9 Å². The van der Waals surface area contributed by atoms with Crippen LogP contribution in [-0.2, 0) is 0 Å². The van der Waals surface area contributed by atoms with E-state index in [0.717, 1.165) is 6.07 Å². The Bertz CT molecular complexity index is 1040. The molecule has 0 bridgehead atoms. The van der Waals surface area contributed by atoms with Gasteiger partial charge < -0.3 is 15.5 Å². The van der Waals surface area contributed by atoms with Crippen molar-refractivity contribution in [1.82, 2.24) is 0 Å². The number of thiophene rings is 1. The quantitative estimate of drug-likeness (QED) is 0.509. The lowest BCUT2D eigenvalue weighted by Gasteiger charge is -2.20. The van der Waals surface area contributed by atoms with Gasteiger partial charge in [0.15, 0.2) is 0 Å². The molecule has 0 saturated heterocycles. The molecule has 0 aliphatic carbocycles. The molecule has 2 aromatic carbocycles. The van der Waals surface area contributed by atoms with Crippen LogP contribution in [0.25, 0.3) is 22.5 Å². The summed E-state index contributed by atoms with van der Waals surface area (Å²) in [6.45, 7) is 0.343. The molecule has 7 heteroatoms. The van der Waals surface area contributed by atoms with Crippen LogP contribution in [0.3, 0.4) is 0 Å². The summed E-state index contributed by atoms with van der Waals surface area (Å²) in [5, 5.41) is 24.9. The van der Waals surface area contributed by atoms with Gasteiger partial charge >= 0.3 is 0 Å². The Kier molecular flexibility index (Phi) is 4.09. The standard InChI is InChI=1S/C19H12ClF2NO2S/c20-18-15(12-6-5-11(22)7-14(12)24)16-17(25)13(8-23-19(16)26-18)9-1-3-10(21)4-2-9/h1-7,23-25H,8H2. The lowest BCUT2D eigenvalue weighted by atomic mass is 9.94. The van der Waals surface area contributed by atoms with Crippen LogP contribution < -0.4 is 5.32 Å². The van der Waals surface area contributed by atoms with E-state index in [1.807, 2.05) is 0 Å². The average Bonchev–Trinajstić information content (AvgIpc) is 2.93. The first kappa shape index (κ1) is 16.9. The predicted molar refractivity (Wildman–Crippen MR) is 101 cm³/mol. The summed E-state index contributed by atoms with van der Waals surface area (Å²) < 4.78 is 26.9. The van der Waals surface area contributed by atoms with Crippen LogP contribution >= 0.6 is 22.9 Å². The Hall–Kier alpha value is -2.57. The smallest absolute Gasteiger partial charge is 0.132 e. The van der Waals surface area contributed by atoms with E-state index in [9.17, 15) is 19.0 Å². The molecule has 3 aromatic rings. The van der Waals surface area contributed by atoms with Crippen molar-refractivity contribution < 1.29 is 19.0 Å². The molecule has 3 N–H and O–H groups in total. The third-order valence-corrected chi connectivity index (χ3v) is 5.59. The molecular weight excluding hydrogens is 380 g/mol. The Morgan fingerprint density at radius 2 is 1.65 bits per heavy atom. The Morgan fingerprint density at radius 3 is 2.35 bits per heavy atom. The number of rotatable bonds is 2. The number of nitrogens with one attached hydrogen (secondary N) is 1. The second-order valence-electron chi connectivity index (χ2n) is 5.80. The molecule has 0 saturated carbocycles. The SMILES string of the molecule is OC1=C(c2ccc(F)cc2)CNc2sc(Cl)c(-c3ccc(F)cc3O)c21. The molecule has 1 aromatic heterocycles. The van der Waals surface area contributed by atoms with E-state index in [-0.39, 0.29) is 17.3 Å². The molecule has 0 radical (unpaired) electrons. The molecule has 4 rings (SSSR count). The lowest BCUT2D eigenvalue weighted by Crippen LogP contribution is -2.12. The molecule has 0 fully saturated rings. The zero-order valence-electron chi connectivity index (χ0n) is 13.2. The monoisotopic (exact) mass is 391 g/mol. The molecule has 2 heterocycles. The second kappa shape index (κ2) is 6.30. The number of aromatic hydroxyl groups is 1. The van der Waals surface area contributed by atoms with Gasteiger partial charge in [-0.2, -0.15) is 0 Å². The minimum atomic E-state index is -0.573. The van der Waals surface area contributed by atoms with Crippen LogP contribution in [0.2, 0.25) is 4.34 Å². The van der Waals surface area contributed by atoms with Gasteiger partial charge in [0.2, 0.25) is 0 Å². The van der Waals surface area contributed by atoms with E-state index in [2.05, 4.69) is 5.32 Å². The number of anilines is 1. The molecule has 0 atom stereocenters. The van der Waals surface area contributed by atoms with Crippen LogP contribution in [0.4, 0.5) is 13.8 Å². The van der Waals surface area contributed by atoms with E-state index < -0.39 is 5.82 Å². The van der Waals surface area contributed by atoms with Gasteiger partial charge in [0.25, 0.3) is 0 Å². The second-order valence-corrected chi connectivity index (χ2v) is 7.43. The average molecular weight is 392 g/mol. The van der Waals surface area contributed by atoms with Crippen LogP contribution in [0.15, 0.2) is 42.5 Å². The maximum Gasteiger partial charge on any atom is 0.132 e. The summed E-state index contributed by atoms with van der Waals surface area (Å²) in [6.07, 6.45) is 0. The number of fused-ring (bicyclic) bond motifs is 1. The van der Waals surface area contributed by atoms with Crippen molar-refractivity contribution in [3.05, 3.63) is 69.6 Å². The number of aliphatic hydroxyl groups excluding tert-OH is 1. The molecule has 26 heavy (non-hydrogen) atoms.